The second-order valence-corrected chi connectivity index (χ2v) is 4.47. The smallest absolute Gasteiger partial charge is 0.258 e. The zero-order valence-electron chi connectivity index (χ0n) is 6.75. The Kier molecular flexibility index (Phi) is 2.79. The van der Waals surface area contributed by atoms with Crippen molar-refractivity contribution in [3.05, 3.63) is 28.3 Å². The van der Waals surface area contributed by atoms with Crippen molar-refractivity contribution in [3.8, 4) is 0 Å². The lowest BCUT2D eigenvalue weighted by atomic mass is 10.3. The number of nitrogens with zero attached hydrogens (tertiary/aromatic N) is 1. The summed E-state index contributed by atoms with van der Waals surface area (Å²) >= 11 is 3.83. The van der Waals surface area contributed by atoms with Gasteiger partial charge in [0.15, 0.2) is 0 Å². The molecule has 0 amide bonds. The van der Waals surface area contributed by atoms with E-state index >= 15 is 0 Å². The second kappa shape index (κ2) is 3.56. The Morgan fingerprint density at radius 1 is 1.43 bits per heavy atom. The average Bonchev–Trinajstić information content (AvgIpc) is 2.02. The molecule has 1 aromatic carbocycles. The molecular formula is C6H6N2O4S2. The summed E-state index contributed by atoms with van der Waals surface area (Å²) in [4.78, 5) is 9.36. The van der Waals surface area contributed by atoms with E-state index in [9.17, 15) is 18.5 Å². The quantitative estimate of drug-likeness (QED) is 0.442. The molecule has 1 rings (SSSR count). The Labute approximate surface area is 85.3 Å². The van der Waals surface area contributed by atoms with Gasteiger partial charge in [-0.05, 0) is 6.07 Å². The van der Waals surface area contributed by atoms with Crippen LogP contribution in [0.3, 0.4) is 0 Å². The van der Waals surface area contributed by atoms with Gasteiger partial charge in [0, 0.05) is 17.0 Å². The van der Waals surface area contributed by atoms with E-state index in [1.807, 2.05) is 0 Å². The number of benzene rings is 1. The molecule has 0 radical (unpaired) electrons. The minimum Gasteiger partial charge on any atom is -0.258 e. The Balaban J connectivity index is 3.44. The number of non-ortho nitro benzene ring substituents is 1. The molecule has 6 nitrogen and oxygen atoms in total. The zero-order chi connectivity index (χ0) is 10.9. The maximum Gasteiger partial charge on any atom is 0.270 e. The van der Waals surface area contributed by atoms with Crippen molar-refractivity contribution < 1.29 is 13.3 Å². The highest BCUT2D eigenvalue weighted by molar-refractivity contribution is 7.90. The molecule has 0 bridgehead atoms. The van der Waals surface area contributed by atoms with E-state index in [1.165, 1.54) is 6.07 Å². The lowest BCUT2D eigenvalue weighted by Gasteiger charge is -2.01. The van der Waals surface area contributed by atoms with Crippen molar-refractivity contribution in [2.75, 3.05) is 0 Å². The van der Waals surface area contributed by atoms with Gasteiger partial charge >= 0.3 is 0 Å². The molecular weight excluding hydrogens is 228 g/mol. The van der Waals surface area contributed by atoms with Gasteiger partial charge in [-0.1, -0.05) is 0 Å². The molecule has 0 aliphatic rings. The van der Waals surface area contributed by atoms with Gasteiger partial charge in [0.05, 0.1) is 4.92 Å². The topological polar surface area (TPSA) is 103 Å². The van der Waals surface area contributed by atoms with Gasteiger partial charge in [0.25, 0.3) is 5.69 Å². The zero-order valence-corrected chi connectivity index (χ0v) is 8.46. The van der Waals surface area contributed by atoms with Gasteiger partial charge in [0.2, 0.25) is 10.0 Å². The summed E-state index contributed by atoms with van der Waals surface area (Å²) in [6.45, 7) is 0. The SMILES string of the molecule is NS(=O)(=O)c1cc([N+](=O)[O-])ccc1S. The van der Waals surface area contributed by atoms with Gasteiger partial charge in [0.1, 0.15) is 4.90 Å². The predicted octanol–water partition coefficient (Wildman–Crippen LogP) is 0.531. The number of sulfonamides is 1. The number of hydrogen-bond acceptors (Lipinski definition) is 5. The number of nitrogens with two attached hydrogens (primary N) is 1. The molecule has 0 aliphatic carbocycles. The lowest BCUT2D eigenvalue weighted by molar-refractivity contribution is -0.385. The summed E-state index contributed by atoms with van der Waals surface area (Å²) in [6.07, 6.45) is 0. The van der Waals surface area contributed by atoms with Crippen LogP contribution in [0.2, 0.25) is 0 Å². The van der Waals surface area contributed by atoms with E-state index < -0.39 is 14.9 Å². The molecule has 0 saturated carbocycles. The molecule has 1 aromatic rings. The first-order valence-electron chi connectivity index (χ1n) is 3.32. The Morgan fingerprint density at radius 2 is 2.00 bits per heavy atom. The van der Waals surface area contributed by atoms with E-state index in [4.69, 9.17) is 5.14 Å². The van der Waals surface area contributed by atoms with Gasteiger partial charge in [-0.3, -0.25) is 10.1 Å². The number of nitro groups is 1. The summed E-state index contributed by atoms with van der Waals surface area (Å²) in [7, 11) is -3.97. The van der Waals surface area contributed by atoms with Crippen LogP contribution in [0.5, 0.6) is 0 Å². The molecule has 0 unspecified atom stereocenters. The first kappa shape index (κ1) is 11.0. The molecule has 76 valence electrons. The predicted molar refractivity (Wildman–Crippen MR) is 51.7 cm³/mol. The average molecular weight is 234 g/mol. The number of hydrogen-bond donors (Lipinski definition) is 2. The van der Waals surface area contributed by atoms with Crippen LogP contribution in [-0.2, 0) is 10.0 Å². The van der Waals surface area contributed by atoms with Crippen LogP contribution in [0.4, 0.5) is 5.69 Å². The molecule has 14 heavy (non-hydrogen) atoms. The highest BCUT2D eigenvalue weighted by atomic mass is 32.2. The molecule has 0 aliphatic heterocycles. The highest BCUT2D eigenvalue weighted by Gasteiger charge is 2.16. The third-order valence-corrected chi connectivity index (χ3v) is 2.95. The van der Waals surface area contributed by atoms with Crippen LogP contribution < -0.4 is 5.14 Å². The summed E-state index contributed by atoms with van der Waals surface area (Å²) in [6, 6.07) is 3.23. The van der Waals surface area contributed by atoms with Crippen molar-refractivity contribution in [2.24, 2.45) is 5.14 Å². The van der Waals surface area contributed by atoms with Crippen molar-refractivity contribution in [1.82, 2.24) is 0 Å². The molecule has 0 spiro atoms. The molecule has 0 saturated heterocycles. The van der Waals surface area contributed by atoms with Crippen molar-refractivity contribution in [2.45, 2.75) is 9.79 Å². The number of thiol groups is 1. The van der Waals surface area contributed by atoms with Crippen molar-refractivity contribution in [3.63, 3.8) is 0 Å². The Morgan fingerprint density at radius 3 is 2.43 bits per heavy atom. The molecule has 0 atom stereocenters. The van der Waals surface area contributed by atoms with E-state index in [-0.39, 0.29) is 15.5 Å². The van der Waals surface area contributed by atoms with Crippen LogP contribution in [0.15, 0.2) is 28.0 Å². The standard InChI is InChI=1S/C6H6N2O4S2/c7-14(11,12)6-3-4(8(9)10)1-2-5(6)13/h1-3,13H,(H2,7,11,12). The summed E-state index contributed by atoms with van der Waals surface area (Å²) in [5.74, 6) is 0. The van der Waals surface area contributed by atoms with Gasteiger partial charge in [-0.2, -0.15) is 0 Å². The van der Waals surface area contributed by atoms with Crippen LogP contribution in [0, 0.1) is 10.1 Å². The number of rotatable bonds is 2. The van der Waals surface area contributed by atoms with Crippen LogP contribution in [0.1, 0.15) is 0 Å². The summed E-state index contributed by atoms with van der Waals surface area (Å²) in [5, 5.41) is 15.2. The monoisotopic (exact) mass is 234 g/mol. The maximum atomic E-state index is 10.9. The van der Waals surface area contributed by atoms with Crippen LogP contribution in [-0.4, -0.2) is 13.3 Å². The van der Waals surface area contributed by atoms with Gasteiger partial charge < -0.3 is 0 Å². The van der Waals surface area contributed by atoms with Gasteiger partial charge in [-0.25, -0.2) is 13.6 Å². The van der Waals surface area contributed by atoms with E-state index in [1.54, 1.807) is 0 Å². The van der Waals surface area contributed by atoms with E-state index in [2.05, 4.69) is 12.6 Å². The van der Waals surface area contributed by atoms with E-state index in [0.29, 0.717) is 0 Å². The van der Waals surface area contributed by atoms with E-state index in [0.717, 1.165) is 12.1 Å². The van der Waals surface area contributed by atoms with Crippen LogP contribution >= 0.6 is 12.6 Å². The van der Waals surface area contributed by atoms with Crippen molar-refractivity contribution in [1.29, 1.82) is 0 Å². The van der Waals surface area contributed by atoms with Crippen LogP contribution in [0.25, 0.3) is 0 Å². The first-order chi connectivity index (χ1) is 6.32. The molecule has 0 aromatic heterocycles. The molecule has 2 N–H and O–H groups in total. The summed E-state index contributed by atoms with van der Waals surface area (Å²) < 4.78 is 21.9. The largest absolute Gasteiger partial charge is 0.270 e. The molecule has 0 heterocycles. The minimum atomic E-state index is -3.97. The Hall–Kier alpha value is -1.12. The molecule has 0 fully saturated rings. The fourth-order valence-corrected chi connectivity index (χ4v) is 2.01. The maximum absolute atomic E-state index is 10.9. The third-order valence-electron chi connectivity index (χ3n) is 1.46. The molecule has 8 heteroatoms. The number of nitro benzene ring substituents is 1. The number of primary sulfonamides is 1. The minimum absolute atomic E-state index is 0.0816. The van der Waals surface area contributed by atoms with Gasteiger partial charge in [-0.15, -0.1) is 12.6 Å². The fourth-order valence-electron chi connectivity index (χ4n) is 0.844. The van der Waals surface area contributed by atoms with Crippen molar-refractivity contribution >= 4 is 28.3 Å². The Bertz CT molecular complexity index is 483. The fraction of sp³-hybridized carbons (Fsp3) is 0. The highest BCUT2D eigenvalue weighted by Crippen LogP contribution is 2.23. The normalized spacial score (nSPS) is 11.3. The lowest BCUT2D eigenvalue weighted by Crippen LogP contribution is -2.13. The summed E-state index contributed by atoms with van der Waals surface area (Å²) in [5.41, 5.74) is -0.341. The second-order valence-electron chi connectivity index (χ2n) is 2.45. The first-order valence-corrected chi connectivity index (χ1v) is 5.32. The third kappa shape index (κ3) is 2.22.